The zero-order valence-corrected chi connectivity index (χ0v) is 12.2. The third-order valence-corrected chi connectivity index (χ3v) is 4.08. The van der Waals surface area contributed by atoms with Crippen LogP contribution in [0.2, 0.25) is 0 Å². The highest BCUT2D eigenvalue weighted by Crippen LogP contribution is 2.12. The van der Waals surface area contributed by atoms with Crippen molar-refractivity contribution in [2.75, 3.05) is 0 Å². The molecule has 3 rings (SSSR count). The number of nitrogens with zero attached hydrogens (tertiary/aromatic N) is 4. The maximum absolute atomic E-state index is 12.1. The average molecular weight is 318 g/mol. The molecular formula is C13H10N4O4S. The number of hydrogen-bond donors (Lipinski definition) is 0. The minimum absolute atomic E-state index is 0.00318. The second-order valence-corrected chi connectivity index (χ2v) is 5.53. The molecule has 0 saturated carbocycles. The third kappa shape index (κ3) is 2.42. The standard InChI is InChI=1S/C13H10N4O4S/c1-8-7-22-13-14-9(4-12(19)16(8)13)5-15-6-10(17(20)21)2-3-11(15)18/h2-4,6-7H,5H2,1H3. The molecule has 0 aliphatic rings. The van der Waals surface area contributed by atoms with Crippen molar-refractivity contribution >= 4 is 22.0 Å². The van der Waals surface area contributed by atoms with Crippen LogP contribution in [-0.4, -0.2) is 18.9 Å². The van der Waals surface area contributed by atoms with Crippen LogP contribution in [0.4, 0.5) is 5.69 Å². The van der Waals surface area contributed by atoms with Gasteiger partial charge in [-0.25, -0.2) is 4.98 Å². The van der Waals surface area contributed by atoms with E-state index < -0.39 is 10.5 Å². The van der Waals surface area contributed by atoms with Crippen LogP contribution in [0.5, 0.6) is 0 Å². The number of pyridine rings is 1. The van der Waals surface area contributed by atoms with Gasteiger partial charge in [0, 0.05) is 29.3 Å². The molecule has 3 heterocycles. The summed E-state index contributed by atoms with van der Waals surface area (Å²) in [6.07, 6.45) is 1.14. The molecule has 0 atom stereocenters. The molecule has 0 spiro atoms. The lowest BCUT2D eigenvalue weighted by atomic mass is 10.3. The monoisotopic (exact) mass is 318 g/mol. The third-order valence-electron chi connectivity index (χ3n) is 3.14. The van der Waals surface area contributed by atoms with Crippen LogP contribution in [-0.2, 0) is 6.54 Å². The van der Waals surface area contributed by atoms with Gasteiger partial charge in [0.05, 0.1) is 23.4 Å². The summed E-state index contributed by atoms with van der Waals surface area (Å²) in [5, 5.41) is 12.6. The lowest BCUT2D eigenvalue weighted by Crippen LogP contribution is -2.22. The number of thiazole rings is 1. The molecule has 0 bridgehead atoms. The molecule has 0 fully saturated rings. The van der Waals surface area contributed by atoms with E-state index in [2.05, 4.69) is 4.98 Å². The second-order valence-electron chi connectivity index (χ2n) is 4.69. The zero-order valence-electron chi connectivity index (χ0n) is 11.4. The van der Waals surface area contributed by atoms with Gasteiger partial charge in [0.1, 0.15) is 0 Å². The van der Waals surface area contributed by atoms with Gasteiger partial charge in [-0.05, 0) is 6.92 Å². The minimum atomic E-state index is -0.579. The quantitative estimate of drug-likeness (QED) is 0.533. The van der Waals surface area contributed by atoms with E-state index in [-0.39, 0.29) is 17.8 Å². The van der Waals surface area contributed by atoms with E-state index in [0.717, 1.165) is 28.6 Å². The topological polar surface area (TPSA) is 99.5 Å². The van der Waals surface area contributed by atoms with E-state index in [0.29, 0.717) is 10.7 Å². The molecule has 0 aliphatic heterocycles. The maximum Gasteiger partial charge on any atom is 0.285 e. The summed E-state index contributed by atoms with van der Waals surface area (Å²) in [5.74, 6) is 0. The molecule has 3 aromatic heterocycles. The van der Waals surface area contributed by atoms with Crippen LogP contribution in [0.15, 0.2) is 39.4 Å². The van der Waals surface area contributed by atoms with Gasteiger partial charge in [-0.2, -0.15) is 0 Å². The van der Waals surface area contributed by atoms with E-state index in [1.54, 1.807) is 6.92 Å². The molecule has 9 heteroatoms. The molecule has 0 aromatic carbocycles. The van der Waals surface area contributed by atoms with Crippen LogP contribution in [0, 0.1) is 17.0 Å². The Labute approximate surface area is 127 Å². The van der Waals surface area contributed by atoms with E-state index in [4.69, 9.17) is 0 Å². The van der Waals surface area contributed by atoms with Gasteiger partial charge < -0.3 is 4.57 Å². The number of nitro groups is 1. The fourth-order valence-electron chi connectivity index (χ4n) is 2.11. The van der Waals surface area contributed by atoms with Crippen LogP contribution in [0.1, 0.15) is 11.4 Å². The molecule has 0 unspecified atom stereocenters. The summed E-state index contributed by atoms with van der Waals surface area (Å²) in [7, 11) is 0. The van der Waals surface area contributed by atoms with Crippen molar-refractivity contribution < 1.29 is 4.92 Å². The van der Waals surface area contributed by atoms with Gasteiger partial charge in [0.15, 0.2) is 4.96 Å². The Balaban J connectivity index is 2.07. The zero-order chi connectivity index (χ0) is 15.9. The predicted octanol–water partition coefficient (Wildman–Crippen LogP) is 1.18. The molecule has 0 amide bonds. The Hall–Kier alpha value is -2.81. The Morgan fingerprint density at radius 3 is 2.82 bits per heavy atom. The van der Waals surface area contributed by atoms with E-state index >= 15 is 0 Å². The molecule has 0 saturated heterocycles. The fourth-order valence-corrected chi connectivity index (χ4v) is 3.00. The van der Waals surface area contributed by atoms with Gasteiger partial charge in [-0.15, -0.1) is 11.3 Å². The Kier molecular flexibility index (Phi) is 3.33. The lowest BCUT2D eigenvalue weighted by Gasteiger charge is -2.05. The van der Waals surface area contributed by atoms with Crippen LogP contribution in [0.25, 0.3) is 4.96 Å². The fraction of sp³-hybridized carbons (Fsp3) is 0.154. The molecule has 8 nitrogen and oxygen atoms in total. The molecule has 0 aliphatic carbocycles. The van der Waals surface area contributed by atoms with Crippen molar-refractivity contribution in [3.63, 3.8) is 0 Å². The van der Waals surface area contributed by atoms with E-state index in [1.165, 1.54) is 21.8 Å². The Morgan fingerprint density at radius 2 is 2.09 bits per heavy atom. The highest BCUT2D eigenvalue weighted by atomic mass is 32.1. The van der Waals surface area contributed by atoms with Crippen molar-refractivity contribution in [3.8, 4) is 0 Å². The summed E-state index contributed by atoms with van der Waals surface area (Å²) in [6, 6.07) is 3.60. The minimum Gasteiger partial charge on any atom is -0.303 e. The number of hydrogen-bond acceptors (Lipinski definition) is 6. The lowest BCUT2D eigenvalue weighted by molar-refractivity contribution is -0.385. The van der Waals surface area contributed by atoms with Gasteiger partial charge in [0.25, 0.3) is 16.8 Å². The largest absolute Gasteiger partial charge is 0.303 e. The van der Waals surface area contributed by atoms with Gasteiger partial charge in [0.2, 0.25) is 0 Å². The Bertz CT molecular complexity index is 1000. The number of fused-ring (bicyclic) bond motifs is 1. The molecular weight excluding hydrogens is 308 g/mol. The molecule has 3 aromatic rings. The van der Waals surface area contributed by atoms with Gasteiger partial charge in [-0.1, -0.05) is 0 Å². The number of aryl methyl sites for hydroxylation is 1. The SMILES string of the molecule is Cc1csc2nc(Cn3cc([N+](=O)[O-])ccc3=O)cc(=O)n12. The predicted molar refractivity (Wildman–Crippen MR) is 80.5 cm³/mol. The van der Waals surface area contributed by atoms with Crippen LogP contribution < -0.4 is 11.1 Å². The summed E-state index contributed by atoms with van der Waals surface area (Å²) in [4.78, 5) is 38.9. The molecule has 22 heavy (non-hydrogen) atoms. The first-order valence-corrected chi connectivity index (χ1v) is 7.15. The highest BCUT2D eigenvalue weighted by molar-refractivity contribution is 7.15. The maximum atomic E-state index is 12.1. The van der Waals surface area contributed by atoms with E-state index in [1.807, 2.05) is 5.38 Å². The Morgan fingerprint density at radius 1 is 1.32 bits per heavy atom. The first-order chi connectivity index (χ1) is 10.5. The van der Waals surface area contributed by atoms with Crippen LogP contribution >= 0.6 is 11.3 Å². The molecule has 0 radical (unpaired) electrons. The van der Waals surface area contributed by atoms with Crippen molar-refractivity contribution in [2.45, 2.75) is 13.5 Å². The summed E-state index contributed by atoms with van der Waals surface area (Å²) in [5.41, 5.74) is 0.350. The van der Waals surface area contributed by atoms with Crippen molar-refractivity contribution in [3.05, 3.63) is 72.0 Å². The van der Waals surface area contributed by atoms with Crippen LogP contribution in [0.3, 0.4) is 0 Å². The van der Waals surface area contributed by atoms with Crippen molar-refractivity contribution in [1.29, 1.82) is 0 Å². The van der Waals surface area contributed by atoms with E-state index in [9.17, 15) is 19.7 Å². The van der Waals surface area contributed by atoms with Crippen molar-refractivity contribution in [2.24, 2.45) is 0 Å². The summed E-state index contributed by atoms with van der Waals surface area (Å²) in [6.45, 7) is 1.81. The second kappa shape index (κ2) is 5.19. The summed E-state index contributed by atoms with van der Waals surface area (Å²) >= 11 is 1.32. The van der Waals surface area contributed by atoms with Gasteiger partial charge in [-0.3, -0.25) is 24.1 Å². The average Bonchev–Trinajstić information content (AvgIpc) is 2.83. The smallest absolute Gasteiger partial charge is 0.285 e. The van der Waals surface area contributed by atoms with Gasteiger partial charge >= 0.3 is 0 Å². The molecule has 112 valence electrons. The van der Waals surface area contributed by atoms with Crippen molar-refractivity contribution in [1.82, 2.24) is 14.0 Å². The summed E-state index contributed by atoms with van der Waals surface area (Å²) < 4.78 is 2.64. The highest BCUT2D eigenvalue weighted by Gasteiger charge is 2.11. The normalized spacial score (nSPS) is 11.0. The molecule has 0 N–H and O–H groups in total. The number of aromatic nitrogens is 3. The first-order valence-electron chi connectivity index (χ1n) is 6.27. The number of rotatable bonds is 3. The first kappa shape index (κ1) is 14.1.